The average Bonchev–Trinajstić information content (AvgIpc) is 2.90. The lowest BCUT2D eigenvalue weighted by Gasteiger charge is -2.15. The molecule has 0 saturated heterocycles. The molecule has 0 aliphatic carbocycles. The molecule has 6 nitrogen and oxygen atoms in total. The number of halogens is 2. The van der Waals surface area contributed by atoms with Gasteiger partial charge in [0.1, 0.15) is 11.5 Å². The molecule has 0 fully saturated rings. The first-order valence-electron chi connectivity index (χ1n) is 11.5. The van der Waals surface area contributed by atoms with Crippen molar-refractivity contribution in [1.82, 2.24) is 0 Å². The summed E-state index contributed by atoms with van der Waals surface area (Å²) in [7, 11) is 1.56. The molecule has 0 atom stereocenters. The summed E-state index contributed by atoms with van der Waals surface area (Å²) in [6.45, 7) is 2.27. The van der Waals surface area contributed by atoms with Crippen molar-refractivity contribution in [2.75, 3.05) is 24.4 Å². The van der Waals surface area contributed by atoms with Gasteiger partial charge in [0, 0.05) is 22.9 Å². The topological polar surface area (TPSA) is 68.8 Å². The summed E-state index contributed by atoms with van der Waals surface area (Å²) < 4.78 is 17.8. The van der Waals surface area contributed by atoms with Crippen molar-refractivity contribution in [3.05, 3.63) is 106 Å². The predicted octanol–water partition coefficient (Wildman–Crippen LogP) is 7.84. The Morgan fingerprint density at radius 2 is 1.62 bits per heavy atom. The van der Waals surface area contributed by atoms with Crippen molar-refractivity contribution in [1.29, 1.82) is 0 Å². The number of anilines is 2. The molecule has 8 heteroatoms. The highest BCUT2D eigenvalue weighted by atomic mass is 79.9. The third-order valence-electron chi connectivity index (χ3n) is 5.42. The number of ether oxygens (including phenoxy) is 3. The van der Waals surface area contributed by atoms with E-state index in [2.05, 4.69) is 26.6 Å². The van der Waals surface area contributed by atoms with Gasteiger partial charge < -0.3 is 24.8 Å². The quantitative estimate of drug-likeness (QED) is 0.200. The minimum Gasteiger partial charge on any atom is -0.493 e. The van der Waals surface area contributed by atoms with Gasteiger partial charge in [-0.1, -0.05) is 35.9 Å². The third-order valence-corrected chi connectivity index (χ3v) is 6.42. The Morgan fingerprint density at radius 1 is 0.919 bits per heavy atom. The number of hydrogen-bond acceptors (Lipinski definition) is 5. The molecule has 0 heterocycles. The number of para-hydroxylation sites is 1. The zero-order valence-corrected chi connectivity index (χ0v) is 22.7. The van der Waals surface area contributed by atoms with E-state index in [0.29, 0.717) is 33.2 Å². The summed E-state index contributed by atoms with van der Waals surface area (Å²) in [5.74, 6) is 2.21. The molecule has 0 aliphatic rings. The van der Waals surface area contributed by atoms with Crippen LogP contribution >= 0.6 is 27.5 Å². The van der Waals surface area contributed by atoms with E-state index in [9.17, 15) is 4.79 Å². The highest BCUT2D eigenvalue weighted by Crippen LogP contribution is 2.37. The standard InChI is InChI=1S/C29H26BrClN2O4/c1-19-8-9-22(16-26(19)31)33-28(34)18-36-29-25(30)14-20(15-27(29)35-2)17-32-21-10-12-24(13-11-21)37-23-6-4-3-5-7-23/h3-16,32H,17-18H2,1-2H3,(H,33,34). The maximum absolute atomic E-state index is 12.4. The van der Waals surface area contributed by atoms with Gasteiger partial charge in [-0.15, -0.1) is 0 Å². The fourth-order valence-electron chi connectivity index (χ4n) is 3.49. The Labute approximate surface area is 229 Å². The molecule has 2 N–H and O–H groups in total. The molecule has 4 rings (SSSR count). The van der Waals surface area contributed by atoms with Crippen molar-refractivity contribution in [2.24, 2.45) is 0 Å². The van der Waals surface area contributed by atoms with Crippen molar-refractivity contribution in [2.45, 2.75) is 13.5 Å². The summed E-state index contributed by atoms with van der Waals surface area (Å²) in [5, 5.41) is 6.76. The van der Waals surface area contributed by atoms with Gasteiger partial charge in [-0.25, -0.2) is 0 Å². The van der Waals surface area contributed by atoms with E-state index in [1.165, 1.54) is 0 Å². The SMILES string of the molecule is COc1cc(CNc2ccc(Oc3ccccc3)cc2)cc(Br)c1OCC(=O)Nc1ccc(C)c(Cl)c1. The molecule has 37 heavy (non-hydrogen) atoms. The van der Waals surface area contributed by atoms with Gasteiger partial charge in [0.15, 0.2) is 18.1 Å². The van der Waals surface area contributed by atoms with Crippen LogP contribution in [0.25, 0.3) is 0 Å². The summed E-state index contributed by atoms with van der Waals surface area (Å²) in [6, 6.07) is 26.5. The normalized spacial score (nSPS) is 10.5. The highest BCUT2D eigenvalue weighted by molar-refractivity contribution is 9.10. The monoisotopic (exact) mass is 580 g/mol. The number of hydrogen-bond donors (Lipinski definition) is 2. The van der Waals surface area contributed by atoms with Crippen molar-refractivity contribution in [3.8, 4) is 23.0 Å². The van der Waals surface area contributed by atoms with E-state index in [1.54, 1.807) is 19.2 Å². The molecule has 1 amide bonds. The van der Waals surface area contributed by atoms with E-state index in [1.807, 2.05) is 79.7 Å². The predicted molar refractivity (Wildman–Crippen MR) is 151 cm³/mol. The molecule has 4 aromatic rings. The Balaban J connectivity index is 1.34. The first kappa shape index (κ1) is 26.4. The van der Waals surface area contributed by atoms with Gasteiger partial charge in [-0.2, -0.15) is 0 Å². The minimum absolute atomic E-state index is 0.185. The van der Waals surface area contributed by atoms with E-state index in [0.717, 1.165) is 28.3 Å². The number of methoxy groups -OCH3 is 1. The third kappa shape index (κ3) is 7.41. The van der Waals surface area contributed by atoms with Crippen LogP contribution in [0.3, 0.4) is 0 Å². The van der Waals surface area contributed by atoms with Gasteiger partial charge in [0.25, 0.3) is 5.91 Å². The molecule has 4 aromatic carbocycles. The molecule has 190 valence electrons. The van der Waals surface area contributed by atoms with Crippen LogP contribution in [0.5, 0.6) is 23.0 Å². The van der Waals surface area contributed by atoms with Crippen LogP contribution < -0.4 is 24.8 Å². The van der Waals surface area contributed by atoms with Gasteiger partial charge in [0.05, 0.1) is 11.6 Å². The number of aryl methyl sites for hydroxylation is 1. The summed E-state index contributed by atoms with van der Waals surface area (Å²) in [5.41, 5.74) is 3.47. The number of nitrogens with one attached hydrogen (secondary N) is 2. The van der Waals surface area contributed by atoms with Gasteiger partial charge >= 0.3 is 0 Å². The lowest BCUT2D eigenvalue weighted by atomic mass is 10.2. The average molecular weight is 582 g/mol. The Morgan fingerprint density at radius 3 is 2.32 bits per heavy atom. The Bertz CT molecular complexity index is 1360. The molecular weight excluding hydrogens is 556 g/mol. The number of rotatable bonds is 10. The maximum Gasteiger partial charge on any atom is 0.262 e. The summed E-state index contributed by atoms with van der Waals surface area (Å²) in [4.78, 5) is 12.4. The van der Waals surface area contributed by atoms with Crippen molar-refractivity contribution >= 4 is 44.8 Å². The number of benzene rings is 4. The van der Waals surface area contributed by atoms with Gasteiger partial charge in [-0.3, -0.25) is 4.79 Å². The first-order valence-corrected chi connectivity index (χ1v) is 12.7. The summed E-state index contributed by atoms with van der Waals surface area (Å²) in [6.07, 6.45) is 0. The minimum atomic E-state index is -0.306. The zero-order chi connectivity index (χ0) is 26.2. The summed E-state index contributed by atoms with van der Waals surface area (Å²) >= 11 is 9.67. The fourth-order valence-corrected chi connectivity index (χ4v) is 4.27. The van der Waals surface area contributed by atoms with Crippen LogP contribution in [0.1, 0.15) is 11.1 Å². The Kier molecular flexibility index (Phi) is 8.93. The van der Waals surface area contributed by atoms with Crippen LogP contribution in [0.2, 0.25) is 5.02 Å². The van der Waals surface area contributed by atoms with Crippen molar-refractivity contribution < 1.29 is 19.0 Å². The second kappa shape index (κ2) is 12.5. The first-order chi connectivity index (χ1) is 17.9. The van der Waals surface area contributed by atoms with Crippen LogP contribution in [0.4, 0.5) is 11.4 Å². The van der Waals surface area contributed by atoms with Crippen LogP contribution in [-0.4, -0.2) is 19.6 Å². The van der Waals surface area contributed by atoms with Crippen LogP contribution in [0, 0.1) is 6.92 Å². The second-order valence-electron chi connectivity index (χ2n) is 8.20. The molecule has 0 bridgehead atoms. The molecule has 0 saturated carbocycles. The lowest BCUT2D eigenvalue weighted by Crippen LogP contribution is -2.20. The molecule has 0 unspecified atom stereocenters. The number of carbonyl (C=O) groups is 1. The molecular formula is C29H26BrClN2O4. The van der Waals surface area contributed by atoms with Gasteiger partial charge in [0.2, 0.25) is 0 Å². The zero-order valence-electron chi connectivity index (χ0n) is 20.4. The lowest BCUT2D eigenvalue weighted by molar-refractivity contribution is -0.118. The maximum atomic E-state index is 12.4. The fraction of sp³-hybridized carbons (Fsp3) is 0.138. The molecule has 0 spiro atoms. The highest BCUT2D eigenvalue weighted by Gasteiger charge is 2.14. The largest absolute Gasteiger partial charge is 0.493 e. The Hall–Kier alpha value is -3.68. The number of amides is 1. The molecule has 0 aliphatic heterocycles. The van der Waals surface area contributed by atoms with E-state index >= 15 is 0 Å². The van der Waals surface area contributed by atoms with Crippen molar-refractivity contribution in [3.63, 3.8) is 0 Å². The van der Waals surface area contributed by atoms with Gasteiger partial charge in [-0.05, 0) is 94.6 Å². The van der Waals surface area contributed by atoms with E-state index in [-0.39, 0.29) is 12.5 Å². The van der Waals surface area contributed by atoms with E-state index in [4.69, 9.17) is 25.8 Å². The second-order valence-corrected chi connectivity index (χ2v) is 9.46. The number of carbonyl (C=O) groups excluding carboxylic acids is 1. The van der Waals surface area contributed by atoms with E-state index < -0.39 is 0 Å². The molecule has 0 aromatic heterocycles. The van der Waals surface area contributed by atoms with Crippen LogP contribution in [0.15, 0.2) is 89.4 Å². The molecule has 0 radical (unpaired) electrons. The smallest absolute Gasteiger partial charge is 0.262 e. The van der Waals surface area contributed by atoms with Crippen LogP contribution in [-0.2, 0) is 11.3 Å².